The maximum atomic E-state index is 14.2. The van der Waals surface area contributed by atoms with Gasteiger partial charge in [-0.3, -0.25) is 28.8 Å². The van der Waals surface area contributed by atoms with Crippen LogP contribution in [0.3, 0.4) is 0 Å². The monoisotopic (exact) mass is 872 g/mol. The molecule has 1 aromatic rings. The lowest BCUT2D eigenvalue weighted by molar-refractivity contribution is -0.159. The molecule has 0 saturated carbocycles. The van der Waals surface area contributed by atoms with Crippen LogP contribution >= 0.6 is 11.6 Å². The number of esters is 1. The summed E-state index contributed by atoms with van der Waals surface area (Å²) in [6.07, 6.45) is 2.07. The van der Waals surface area contributed by atoms with Crippen LogP contribution in [0.25, 0.3) is 0 Å². The zero-order chi connectivity index (χ0) is 46.5. The zero-order valence-corrected chi connectivity index (χ0v) is 38.9. The van der Waals surface area contributed by atoms with Gasteiger partial charge in [-0.15, -0.1) is 0 Å². The van der Waals surface area contributed by atoms with E-state index in [1.165, 1.54) is 45.8 Å². The molecule has 0 saturated heterocycles. The number of hydrogen-bond donors (Lipinski definition) is 5. The first-order chi connectivity index (χ1) is 28.3. The molecule has 61 heavy (non-hydrogen) atoms. The molecule has 8 atom stereocenters. The number of amides is 6. The SMILES string of the molecule is C/C=C(\C)[C@H]1OC(=O)C(C)(C)NC(=O)C([C@@H](C)CC)NC(=O)CN(C)C(=O)[C@@H](Cc2ccc(Cl)cc2)N(C)C(=O)[C@H](C)NC(=O)[C@@H](CC(C)C)NC(=O)/C(C)=C/C[C@H](O)[C@@H]1C. The van der Waals surface area contributed by atoms with Crippen molar-refractivity contribution in [2.75, 3.05) is 20.6 Å². The smallest absolute Gasteiger partial charge is 0.331 e. The number of aliphatic hydroxyl groups is 1. The Balaban J connectivity index is 2.67. The molecule has 1 aromatic carbocycles. The maximum Gasteiger partial charge on any atom is 0.331 e. The molecule has 0 radical (unpaired) electrons. The summed E-state index contributed by atoms with van der Waals surface area (Å²) in [6.45, 7) is 18.1. The van der Waals surface area contributed by atoms with E-state index in [0.717, 1.165) is 4.90 Å². The highest BCUT2D eigenvalue weighted by Crippen LogP contribution is 2.25. The highest BCUT2D eigenvalue weighted by Gasteiger charge is 2.40. The summed E-state index contributed by atoms with van der Waals surface area (Å²) in [5.74, 6) is -5.53. The third kappa shape index (κ3) is 15.3. The maximum absolute atomic E-state index is 14.2. The van der Waals surface area contributed by atoms with E-state index in [4.69, 9.17) is 16.3 Å². The van der Waals surface area contributed by atoms with Crippen LogP contribution in [-0.2, 0) is 44.7 Å². The molecule has 5 N–H and O–H groups in total. The average Bonchev–Trinajstić information content (AvgIpc) is 3.20. The van der Waals surface area contributed by atoms with Crippen molar-refractivity contribution in [3.05, 3.63) is 58.1 Å². The van der Waals surface area contributed by atoms with Crippen LogP contribution in [-0.4, -0.2) is 119 Å². The molecule has 0 aromatic heterocycles. The molecular formula is C45H69ClN6O9. The van der Waals surface area contributed by atoms with Crippen molar-refractivity contribution in [1.29, 1.82) is 0 Å². The molecule has 1 aliphatic heterocycles. The van der Waals surface area contributed by atoms with Crippen LogP contribution < -0.4 is 21.3 Å². The first kappa shape index (κ1) is 52.4. The van der Waals surface area contributed by atoms with E-state index in [2.05, 4.69) is 21.3 Å². The van der Waals surface area contributed by atoms with E-state index in [-0.39, 0.29) is 30.8 Å². The van der Waals surface area contributed by atoms with Crippen molar-refractivity contribution in [2.24, 2.45) is 17.8 Å². The Morgan fingerprint density at radius 3 is 2.13 bits per heavy atom. The summed E-state index contributed by atoms with van der Waals surface area (Å²) >= 11 is 6.12. The number of cyclic esters (lactones) is 1. The molecule has 340 valence electrons. The van der Waals surface area contributed by atoms with E-state index in [1.807, 2.05) is 20.8 Å². The fourth-order valence-electron chi connectivity index (χ4n) is 6.80. The number of nitrogens with one attached hydrogen (secondary N) is 4. The standard InChI is InChI=1S/C45H69ClN6O9/c1-14-26(5)37-41(57)50-45(10,11)44(60)61-38(27(6)15-2)29(8)35(53)21-16-28(7)39(55)48-33(22-25(3)4)40(56)47-30(9)42(58)52(13)34(23-31-17-19-32(46)20-18-31)43(59)51(12)24-36(54)49-37/h15-20,25-26,29-30,33-35,37-38,53H,14,21-24H2,1-13H3,(H,47,56)(H,48,55)(H,49,54)(H,50,57)/b27-15+,28-16+/t26-,29-,30-,33+,34+,35-,37?,38+/m0/s1. The molecule has 0 spiro atoms. The summed E-state index contributed by atoms with van der Waals surface area (Å²) in [5, 5.41) is 22.7. The number of hydrogen-bond acceptors (Lipinski definition) is 9. The Labute approximate surface area is 366 Å². The predicted molar refractivity (Wildman–Crippen MR) is 235 cm³/mol. The topological polar surface area (TPSA) is 204 Å². The summed E-state index contributed by atoms with van der Waals surface area (Å²) in [4.78, 5) is 99.1. The largest absolute Gasteiger partial charge is 0.456 e. The molecular weight excluding hydrogens is 804 g/mol. The highest BCUT2D eigenvalue weighted by molar-refractivity contribution is 6.30. The lowest BCUT2D eigenvalue weighted by Gasteiger charge is -2.34. The van der Waals surface area contributed by atoms with Gasteiger partial charge in [-0.05, 0) is 89.5 Å². The second-order valence-electron chi connectivity index (χ2n) is 17.3. The summed E-state index contributed by atoms with van der Waals surface area (Å²) in [6, 6.07) is 2.32. The third-order valence-electron chi connectivity index (χ3n) is 11.3. The van der Waals surface area contributed by atoms with Gasteiger partial charge in [0.25, 0.3) is 0 Å². The van der Waals surface area contributed by atoms with Crippen molar-refractivity contribution in [3.63, 3.8) is 0 Å². The Kier molecular flexibility index (Phi) is 20.1. The molecule has 16 heteroatoms. The number of nitrogens with zero attached hydrogens (tertiary/aromatic N) is 2. The van der Waals surface area contributed by atoms with Gasteiger partial charge in [0.2, 0.25) is 35.4 Å². The van der Waals surface area contributed by atoms with Crippen molar-refractivity contribution in [2.45, 2.75) is 144 Å². The third-order valence-corrected chi connectivity index (χ3v) is 11.5. The van der Waals surface area contributed by atoms with E-state index < -0.39 is 102 Å². The fourth-order valence-corrected chi connectivity index (χ4v) is 6.92. The summed E-state index contributed by atoms with van der Waals surface area (Å²) in [7, 11) is 2.84. The molecule has 1 aliphatic rings. The lowest BCUT2D eigenvalue weighted by Crippen LogP contribution is -2.60. The number of allylic oxidation sites excluding steroid dienone is 1. The molecule has 0 aliphatic carbocycles. The number of likely N-dealkylation sites (N-methyl/N-ethyl adjacent to an activating group) is 2. The number of halogens is 1. The fraction of sp³-hybridized carbons (Fsp3) is 0.622. The van der Waals surface area contributed by atoms with Crippen LogP contribution in [0, 0.1) is 17.8 Å². The van der Waals surface area contributed by atoms with Gasteiger partial charge in [-0.1, -0.05) is 76.9 Å². The molecule has 2 rings (SSSR count). The minimum atomic E-state index is -1.58. The van der Waals surface area contributed by atoms with Crippen LogP contribution in [0.15, 0.2) is 47.6 Å². The first-order valence-electron chi connectivity index (χ1n) is 21.0. The molecule has 1 unspecified atom stereocenters. The van der Waals surface area contributed by atoms with E-state index >= 15 is 0 Å². The predicted octanol–water partition coefficient (Wildman–Crippen LogP) is 3.85. The van der Waals surface area contributed by atoms with Gasteiger partial charge < -0.3 is 40.9 Å². The van der Waals surface area contributed by atoms with Gasteiger partial charge in [-0.25, -0.2) is 4.79 Å². The quantitative estimate of drug-likeness (QED) is 0.199. The number of carbonyl (C=O) groups is 7. The van der Waals surface area contributed by atoms with Crippen LogP contribution in [0.2, 0.25) is 5.02 Å². The van der Waals surface area contributed by atoms with Crippen LogP contribution in [0.4, 0.5) is 0 Å². The molecule has 6 amide bonds. The van der Waals surface area contributed by atoms with E-state index in [0.29, 0.717) is 22.6 Å². The Morgan fingerprint density at radius 1 is 0.967 bits per heavy atom. The second kappa shape index (κ2) is 23.5. The Hall–Kier alpha value is -4.76. The second-order valence-corrected chi connectivity index (χ2v) is 17.8. The first-order valence-corrected chi connectivity index (χ1v) is 21.4. The average molecular weight is 874 g/mol. The van der Waals surface area contributed by atoms with Gasteiger partial charge >= 0.3 is 5.97 Å². The van der Waals surface area contributed by atoms with Crippen molar-refractivity contribution >= 4 is 53.0 Å². The van der Waals surface area contributed by atoms with Gasteiger partial charge in [0, 0.05) is 37.0 Å². The number of rotatable bonds is 7. The van der Waals surface area contributed by atoms with Gasteiger partial charge in [0.15, 0.2) is 0 Å². The molecule has 0 bridgehead atoms. The highest BCUT2D eigenvalue weighted by atomic mass is 35.5. The Bertz CT molecular complexity index is 1800. The van der Waals surface area contributed by atoms with E-state index in [9.17, 15) is 38.7 Å². The van der Waals surface area contributed by atoms with E-state index in [1.54, 1.807) is 65.0 Å². The van der Waals surface area contributed by atoms with Gasteiger partial charge in [0.1, 0.15) is 35.8 Å². The van der Waals surface area contributed by atoms with Crippen LogP contribution in [0.5, 0.6) is 0 Å². The zero-order valence-electron chi connectivity index (χ0n) is 38.2. The van der Waals surface area contributed by atoms with Crippen molar-refractivity contribution < 1.29 is 43.4 Å². The minimum absolute atomic E-state index is 0.00584. The number of aliphatic hydroxyl groups excluding tert-OH is 1. The lowest BCUT2D eigenvalue weighted by atomic mass is 9.90. The number of benzene rings is 1. The van der Waals surface area contributed by atoms with Crippen molar-refractivity contribution in [3.8, 4) is 0 Å². The summed E-state index contributed by atoms with van der Waals surface area (Å²) < 4.78 is 5.98. The number of carbonyl (C=O) groups excluding carboxylic acids is 7. The van der Waals surface area contributed by atoms with Gasteiger partial charge in [0.05, 0.1) is 12.6 Å². The molecule has 15 nitrogen and oxygen atoms in total. The van der Waals surface area contributed by atoms with Crippen LogP contribution in [0.1, 0.15) is 101 Å². The normalized spacial score (nSPS) is 27.9. The van der Waals surface area contributed by atoms with Crippen molar-refractivity contribution in [1.82, 2.24) is 31.1 Å². The summed E-state index contributed by atoms with van der Waals surface area (Å²) in [5.41, 5.74) is -0.0370. The van der Waals surface area contributed by atoms with Gasteiger partial charge in [-0.2, -0.15) is 0 Å². The Morgan fingerprint density at radius 2 is 1.57 bits per heavy atom. The molecule has 1 heterocycles. The molecule has 0 fully saturated rings. The minimum Gasteiger partial charge on any atom is -0.456 e. The number of ether oxygens (including phenoxy) is 1.